The van der Waals surface area contributed by atoms with Gasteiger partial charge in [-0.05, 0) is 38.8 Å². The van der Waals surface area contributed by atoms with Gasteiger partial charge in [0.25, 0.3) is 0 Å². The Morgan fingerprint density at radius 3 is 2.62 bits per heavy atom. The Kier molecular flexibility index (Phi) is 5.25. The maximum atomic E-state index is 6.25. The maximum Gasteiger partial charge on any atom is 0.147 e. The number of benzene rings is 1. The Balaban J connectivity index is 1.77. The minimum atomic E-state index is -0.0713. The predicted octanol–water partition coefficient (Wildman–Crippen LogP) is 4.56. The molecule has 7 heteroatoms. The van der Waals surface area contributed by atoms with E-state index in [9.17, 15) is 0 Å². The molecule has 0 radical (unpaired) electrons. The summed E-state index contributed by atoms with van der Waals surface area (Å²) in [6.45, 7) is 5.89. The first-order valence-corrected chi connectivity index (χ1v) is 9.42. The Hall–Kier alpha value is -1.01. The zero-order valence-electron chi connectivity index (χ0n) is 13.7. The molecule has 0 saturated carbocycles. The van der Waals surface area contributed by atoms with Crippen LogP contribution in [-0.4, -0.2) is 28.6 Å². The van der Waals surface area contributed by atoms with Crippen molar-refractivity contribution in [3.8, 4) is 0 Å². The standard InChI is InChI=1S/C17H20Cl2N4S/c1-11-16(24-13-5-3-4-12(18)15(13)19)21-10-14(22-11)23-8-6-17(2,20)7-9-23/h3-5,10H,6-9,20H2,1-2H3. The fourth-order valence-corrected chi connectivity index (χ4v) is 3.95. The van der Waals surface area contributed by atoms with Crippen molar-refractivity contribution in [2.75, 3.05) is 18.0 Å². The lowest BCUT2D eigenvalue weighted by atomic mass is 9.91. The van der Waals surface area contributed by atoms with Gasteiger partial charge >= 0.3 is 0 Å². The van der Waals surface area contributed by atoms with Gasteiger partial charge in [0.15, 0.2) is 0 Å². The number of nitrogens with zero attached hydrogens (tertiary/aromatic N) is 3. The molecule has 2 aromatic rings. The molecule has 4 nitrogen and oxygen atoms in total. The molecule has 0 bridgehead atoms. The molecule has 0 spiro atoms. The first kappa shape index (κ1) is 17.8. The number of aromatic nitrogens is 2. The third-order valence-electron chi connectivity index (χ3n) is 4.24. The molecule has 1 aromatic carbocycles. The highest BCUT2D eigenvalue weighted by molar-refractivity contribution is 7.99. The smallest absolute Gasteiger partial charge is 0.147 e. The lowest BCUT2D eigenvalue weighted by Crippen LogP contribution is -2.48. The molecule has 128 valence electrons. The number of anilines is 1. The van der Waals surface area contributed by atoms with Crippen LogP contribution in [0.3, 0.4) is 0 Å². The van der Waals surface area contributed by atoms with Crippen LogP contribution in [0.5, 0.6) is 0 Å². The van der Waals surface area contributed by atoms with E-state index in [4.69, 9.17) is 33.9 Å². The van der Waals surface area contributed by atoms with Crippen LogP contribution in [0.15, 0.2) is 34.3 Å². The topological polar surface area (TPSA) is 55.0 Å². The summed E-state index contributed by atoms with van der Waals surface area (Å²) in [5.74, 6) is 0.907. The largest absolute Gasteiger partial charge is 0.355 e. The van der Waals surface area contributed by atoms with E-state index in [0.29, 0.717) is 10.0 Å². The van der Waals surface area contributed by atoms with Gasteiger partial charge in [-0.2, -0.15) is 0 Å². The van der Waals surface area contributed by atoms with Crippen LogP contribution in [0, 0.1) is 6.92 Å². The van der Waals surface area contributed by atoms with Gasteiger partial charge < -0.3 is 10.6 Å². The molecular weight excluding hydrogens is 363 g/mol. The molecule has 1 fully saturated rings. The quantitative estimate of drug-likeness (QED) is 0.842. The Morgan fingerprint density at radius 2 is 1.96 bits per heavy atom. The molecule has 1 saturated heterocycles. The van der Waals surface area contributed by atoms with Crippen molar-refractivity contribution in [3.05, 3.63) is 40.1 Å². The summed E-state index contributed by atoms with van der Waals surface area (Å²) in [7, 11) is 0. The van der Waals surface area contributed by atoms with Gasteiger partial charge in [0.2, 0.25) is 0 Å². The summed E-state index contributed by atoms with van der Waals surface area (Å²) >= 11 is 13.8. The average Bonchev–Trinajstić information content (AvgIpc) is 2.53. The third kappa shape index (κ3) is 3.97. The molecule has 0 unspecified atom stereocenters. The van der Waals surface area contributed by atoms with E-state index < -0.39 is 0 Å². The van der Waals surface area contributed by atoms with Crippen LogP contribution in [0.1, 0.15) is 25.5 Å². The summed E-state index contributed by atoms with van der Waals surface area (Å²) < 4.78 is 0. The van der Waals surface area contributed by atoms with Gasteiger partial charge in [-0.25, -0.2) is 9.97 Å². The monoisotopic (exact) mass is 382 g/mol. The van der Waals surface area contributed by atoms with Crippen LogP contribution in [0.25, 0.3) is 0 Å². The number of aryl methyl sites for hydroxylation is 1. The number of nitrogens with two attached hydrogens (primary N) is 1. The zero-order chi connectivity index (χ0) is 17.3. The van der Waals surface area contributed by atoms with Gasteiger partial charge in [-0.15, -0.1) is 0 Å². The molecule has 0 amide bonds. The predicted molar refractivity (Wildman–Crippen MR) is 101 cm³/mol. The number of rotatable bonds is 3. The molecule has 3 rings (SSSR count). The minimum Gasteiger partial charge on any atom is -0.355 e. The van der Waals surface area contributed by atoms with E-state index in [2.05, 4.69) is 16.8 Å². The van der Waals surface area contributed by atoms with Crippen molar-refractivity contribution in [1.29, 1.82) is 0 Å². The van der Waals surface area contributed by atoms with E-state index in [0.717, 1.165) is 47.4 Å². The number of hydrogen-bond acceptors (Lipinski definition) is 5. The lowest BCUT2D eigenvalue weighted by Gasteiger charge is -2.37. The second-order valence-corrected chi connectivity index (χ2v) is 8.23. The molecule has 1 aromatic heterocycles. The van der Waals surface area contributed by atoms with Crippen LogP contribution in [-0.2, 0) is 0 Å². The molecular formula is C17H20Cl2N4S. The summed E-state index contributed by atoms with van der Waals surface area (Å²) in [6, 6.07) is 5.59. The van der Waals surface area contributed by atoms with Crippen LogP contribution in [0.4, 0.5) is 5.82 Å². The maximum absolute atomic E-state index is 6.25. The molecule has 1 aliphatic rings. The highest BCUT2D eigenvalue weighted by Gasteiger charge is 2.26. The SMILES string of the molecule is Cc1nc(N2CCC(C)(N)CC2)cnc1Sc1cccc(Cl)c1Cl. The van der Waals surface area contributed by atoms with E-state index in [1.165, 1.54) is 11.8 Å². The molecule has 0 atom stereocenters. The summed E-state index contributed by atoms with van der Waals surface area (Å²) in [5.41, 5.74) is 7.01. The Bertz CT molecular complexity index is 741. The van der Waals surface area contributed by atoms with Crippen molar-refractivity contribution < 1.29 is 0 Å². The average molecular weight is 383 g/mol. The number of halogens is 2. The second kappa shape index (κ2) is 7.08. The highest BCUT2D eigenvalue weighted by atomic mass is 35.5. The van der Waals surface area contributed by atoms with Crippen molar-refractivity contribution in [1.82, 2.24) is 9.97 Å². The highest BCUT2D eigenvalue weighted by Crippen LogP contribution is 2.37. The van der Waals surface area contributed by atoms with Crippen LogP contribution >= 0.6 is 35.0 Å². The fourth-order valence-electron chi connectivity index (χ4n) is 2.62. The summed E-state index contributed by atoms with van der Waals surface area (Å²) in [4.78, 5) is 12.4. The lowest BCUT2D eigenvalue weighted by molar-refractivity contribution is 0.363. The first-order chi connectivity index (χ1) is 11.4. The Morgan fingerprint density at radius 1 is 1.25 bits per heavy atom. The number of piperidine rings is 1. The fraction of sp³-hybridized carbons (Fsp3) is 0.412. The molecule has 24 heavy (non-hydrogen) atoms. The van der Waals surface area contributed by atoms with Crippen molar-refractivity contribution in [3.63, 3.8) is 0 Å². The minimum absolute atomic E-state index is 0.0713. The van der Waals surface area contributed by atoms with Gasteiger partial charge in [0.1, 0.15) is 10.8 Å². The van der Waals surface area contributed by atoms with Crippen LogP contribution in [0.2, 0.25) is 10.0 Å². The number of hydrogen-bond donors (Lipinski definition) is 1. The zero-order valence-corrected chi connectivity index (χ0v) is 16.0. The van der Waals surface area contributed by atoms with E-state index in [1.807, 2.05) is 25.3 Å². The summed E-state index contributed by atoms with van der Waals surface area (Å²) in [5, 5.41) is 1.93. The van der Waals surface area contributed by atoms with Crippen molar-refractivity contribution in [2.24, 2.45) is 5.73 Å². The van der Waals surface area contributed by atoms with Gasteiger partial charge in [-0.3, -0.25) is 0 Å². The van der Waals surface area contributed by atoms with Gasteiger partial charge in [0.05, 0.1) is 21.9 Å². The van der Waals surface area contributed by atoms with E-state index in [1.54, 1.807) is 6.07 Å². The van der Waals surface area contributed by atoms with Crippen LogP contribution < -0.4 is 10.6 Å². The van der Waals surface area contributed by atoms with E-state index in [-0.39, 0.29) is 5.54 Å². The second-order valence-electron chi connectivity index (χ2n) is 6.41. The first-order valence-electron chi connectivity index (χ1n) is 7.85. The van der Waals surface area contributed by atoms with Crippen molar-refractivity contribution in [2.45, 2.75) is 42.1 Å². The van der Waals surface area contributed by atoms with Gasteiger partial charge in [0, 0.05) is 23.5 Å². The van der Waals surface area contributed by atoms with Gasteiger partial charge in [-0.1, -0.05) is 41.0 Å². The molecule has 1 aliphatic heterocycles. The molecule has 0 aliphatic carbocycles. The normalized spacial score (nSPS) is 17.1. The van der Waals surface area contributed by atoms with Crippen molar-refractivity contribution >= 4 is 40.8 Å². The molecule has 2 heterocycles. The third-order valence-corrected chi connectivity index (χ3v) is 6.33. The molecule has 2 N–H and O–H groups in total. The Labute approximate surface area is 156 Å². The summed E-state index contributed by atoms with van der Waals surface area (Å²) in [6.07, 6.45) is 3.75. The van der Waals surface area contributed by atoms with E-state index >= 15 is 0 Å².